The quantitative estimate of drug-likeness (QED) is 0.746. The molecule has 0 aliphatic heterocycles. The second-order valence-corrected chi connectivity index (χ2v) is 6.82. The lowest BCUT2D eigenvalue weighted by Gasteiger charge is -2.21. The smallest absolute Gasteiger partial charge is 0.326 e. The molecular formula is C18H24N2O5. The summed E-state index contributed by atoms with van der Waals surface area (Å²) in [4.78, 5) is 23.3. The summed E-state index contributed by atoms with van der Waals surface area (Å²) in [7, 11) is 1.43. The van der Waals surface area contributed by atoms with Gasteiger partial charge in [0.05, 0.1) is 18.7 Å². The number of amides is 1. The third kappa shape index (κ3) is 7.12. The highest BCUT2D eigenvalue weighted by atomic mass is 16.5. The fourth-order valence-electron chi connectivity index (χ4n) is 2.07. The molecular weight excluding hydrogens is 324 g/mol. The summed E-state index contributed by atoms with van der Waals surface area (Å²) >= 11 is 0. The third-order valence-electron chi connectivity index (χ3n) is 3.47. The van der Waals surface area contributed by atoms with Crippen LogP contribution in [-0.2, 0) is 9.59 Å². The summed E-state index contributed by atoms with van der Waals surface area (Å²) in [5, 5.41) is 20.6. The number of nitrogens with zero attached hydrogens (tertiary/aromatic N) is 1. The molecule has 1 aromatic rings. The first-order valence-electron chi connectivity index (χ1n) is 7.89. The second-order valence-electron chi connectivity index (χ2n) is 6.82. The van der Waals surface area contributed by atoms with Crippen LogP contribution in [0.3, 0.4) is 0 Å². The van der Waals surface area contributed by atoms with Gasteiger partial charge in [-0.05, 0) is 30.4 Å². The van der Waals surface area contributed by atoms with Crippen molar-refractivity contribution in [2.45, 2.75) is 39.7 Å². The van der Waals surface area contributed by atoms with Crippen LogP contribution >= 0.6 is 0 Å². The predicted octanol–water partition coefficient (Wildman–Crippen LogP) is 2.34. The summed E-state index contributed by atoms with van der Waals surface area (Å²) in [5.41, 5.74) is 0.381. The van der Waals surface area contributed by atoms with Crippen LogP contribution in [0.15, 0.2) is 18.2 Å². The van der Waals surface area contributed by atoms with Gasteiger partial charge in [0.2, 0.25) is 0 Å². The number of rotatable bonds is 8. The predicted molar refractivity (Wildman–Crippen MR) is 91.5 cm³/mol. The molecule has 0 radical (unpaired) electrons. The van der Waals surface area contributed by atoms with E-state index in [1.165, 1.54) is 19.2 Å². The molecule has 25 heavy (non-hydrogen) atoms. The van der Waals surface area contributed by atoms with E-state index in [0.29, 0.717) is 29.9 Å². The fraction of sp³-hybridized carbons (Fsp3) is 0.500. The molecule has 136 valence electrons. The van der Waals surface area contributed by atoms with Crippen molar-refractivity contribution < 1.29 is 24.2 Å². The first-order valence-corrected chi connectivity index (χ1v) is 7.89. The normalized spacial score (nSPS) is 12.0. The standard InChI is InChI=1S/C18H24N2O5/c1-18(2,3)8-7-13(17(22)23)20-16(21)11-25-14-6-5-12(10-19)9-15(14)24-4/h5-6,9,13H,7-8,11H2,1-4H3,(H,20,21)(H,22,23). The SMILES string of the molecule is COc1cc(C#N)ccc1OCC(=O)NC(CCC(C)(C)C)C(=O)O. The first kappa shape index (κ1) is 20.3. The third-order valence-corrected chi connectivity index (χ3v) is 3.47. The number of methoxy groups -OCH3 is 1. The molecule has 1 atom stereocenters. The Balaban J connectivity index is 2.63. The molecule has 1 aromatic carbocycles. The number of carbonyl (C=O) groups excluding carboxylic acids is 1. The van der Waals surface area contributed by atoms with Crippen molar-refractivity contribution >= 4 is 11.9 Å². The van der Waals surface area contributed by atoms with Crippen LogP contribution in [0.5, 0.6) is 11.5 Å². The monoisotopic (exact) mass is 348 g/mol. The van der Waals surface area contributed by atoms with Gasteiger partial charge >= 0.3 is 5.97 Å². The summed E-state index contributed by atoms with van der Waals surface area (Å²) < 4.78 is 10.5. The van der Waals surface area contributed by atoms with Gasteiger partial charge in [-0.15, -0.1) is 0 Å². The average Bonchev–Trinajstić information content (AvgIpc) is 2.55. The molecule has 0 heterocycles. The Hall–Kier alpha value is -2.75. The Kier molecular flexibility index (Phi) is 7.24. The summed E-state index contributed by atoms with van der Waals surface area (Å²) in [6, 6.07) is 5.58. The number of carboxylic acids is 1. The molecule has 2 N–H and O–H groups in total. The first-order chi connectivity index (χ1) is 11.7. The van der Waals surface area contributed by atoms with E-state index in [1.54, 1.807) is 6.07 Å². The Morgan fingerprint density at radius 1 is 1.32 bits per heavy atom. The van der Waals surface area contributed by atoms with E-state index in [2.05, 4.69) is 5.32 Å². The molecule has 7 heteroatoms. The van der Waals surface area contributed by atoms with Crippen molar-refractivity contribution in [2.75, 3.05) is 13.7 Å². The maximum atomic E-state index is 12.0. The van der Waals surface area contributed by atoms with Gasteiger partial charge in [-0.3, -0.25) is 4.79 Å². The van der Waals surface area contributed by atoms with Crippen LogP contribution in [0.1, 0.15) is 39.2 Å². The van der Waals surface area contributed by atoms with Gasteiger partial charge in [0, 0.05) is 6.07 Å². The number of carboxylic acid groups (broad SMARTS) is 1. The minimum Gasteiger partial charge on any atom is -0.493 e. The van der Waals surface area contributed by atoms with Gasteiger partial charge in [0.15, 0.2) is 18.1 Å². The minimum atomic E-state index is -1.08. The van der Waals surface area contributed by atoms with E-state index in [-0.39, 0.29) is 12.0 Å². The fourth-order valence-corrected chi connectivity index (χ4v) is 2.07. The number of hydrogen-bond acceptors (Lipinski definition) is 5. The van der Waals surface area contributed by atoms with Crippen molar-refractivity contribution in [3.05, 3.63) is 23.8 Å². The van der Waals surface area contributed by atoms with Crippen LogP contribution < -0.4 is 14.8 Å². The average molecular weight is 348 g/mol. The van der Waals surface area contributed by atoms with Crippen molar-refractivity contribution in [3.63, 3.8) is 0 Å². The number of aliphatic carboxylic acids is 1. The number of benzene rings is 1. The van der Waals surface area contributed by atoms with E-state index < -0.39 is 17.9 Å². The zero-order valence-corrected chi connectivity index (χ0v) is 15.0. The van der Waals surface area contributed by atoms with Gasteiger partial charge < -0.3 is 19.9 Å². The Labute approximate surface area is 147 Å². The molecule has 1 rings (SSSR count). The number of hydrogen-bond donors (Lipinski definition) is 2. The molecule has 0 aliphatic rings. The molecule has 0 aromatic heterocycles. The molecule has 0 saturated carbocycles. The van der Waals surface area contributed by atoms with Gasteiger partial charge in [-0.1, -0.05) is 20.8 Å². The minimum absolute atomic E-state index is 0.0230. The molecule has 0 spiro atoms. The molecule has 1 amide bonds. The highest BCUT2D eigenvalue weighted by Gasteiger charge is 2.23. The zero-order valence-electron chi connectivity index (χ0n) is 15.0. The van der Waals surface area contributed by atoms with Crippen LogP contribution in [0.4, 0.5) is 0 Å². The summed E-state index contributed by atoms with van der Waals surface area (Å²) in [6.45, 7) is 5.68. The van der Waals surface area contributed by atoms with E-state index in [1.807, 2.05) is 26.8 Å². The zero-order chi connectivity index (χ0) is 19.0. The van der Waals surface area contributed by atoms with E-state index in [9.17, 15) is 14.7 Å². The van der Waals surface area contributed by atoms with E-state index >= 15 is 0 Å². The largest absolute Gasteiger partial charge is 0.493 e. The van der Waals surface area contributed by atoms with Crippen LogP contribution in [0.25, 0.3) is 0 Å². The summed E-state index contributed by atoms with van der Waals surface area (Å²) in [5.74, 6) is -0.978. The van der Waals surface area contributed by atoms with Crippen LogP contribution in [0.2, 0.25) is 0 Å². The Morgan fingerprint density at radius 3 is 2.52 bits per heavy atom. The molecule has 0 fully saturated rings. The van der Waals surface area contributed by atoms with Crippen molar-refractivity contribution in [1.82, 2.24) is 5.32 Å². The molecule has 0 aliphatic carbocycles. The van der Waals surface area contributed by atoms with Gasteiger partial charge in [0.1, 0.15) is 6.04 Å². The highest BCUT2D eigenvalue weighted by Crippen LogP contribution is 2.27. The van der Waals surface area contributed by atoms with Gasteiger partial charge in [-0.25, -0.2) is 4.79 Å². The summed E-state index contributed by atoms with van der Waals surface area (Å²) in [6.07, 6.45) is 0.999. The maximum absolute atomic E-state index is 12.0. The molecule has 0 bridgehead atoms. The lowest BCUT2D eigenvalue weighted by atomic mass is 9.88. The Bertz CT molecular complexity index is 658. The van der Waals surface area contributed by atoms with Gasteiger partial charge in [0.25, 0.3) is 5.91 Å². The Morgan fingerprint density at radius 2 is 2.00 bits per heavy atom. The van der Waals surface area contributed by atoms with Crippen molar-refractivity contribution in [3.8, 4) is 17.6 Å². The van der Waals surface area contributed by atoms with E-state index in [4.69, 9.17) is 14.7 Å². The molecule has 7 nitrogen and oxygen atoms in total. The number of carbonyl (C=O) groups is 2. The van der Waals surface area contributed by atoms with Crippen LogP contribution in [-0.4, -0.2) is 36.7 Å². The lowest BCUT2D eigenvalue weighted by Crippen LogP contribution is -2.43. The van der Waals surface area contributed by atoms with Crippen molar-refractivity contribution in [2.24, 2.45) is 5.41 Å². The lowest BCUT2D eigenvalue weighted by molar-refractivity contribution is -0.142. The highest BCUT2D eigenvalue weighted by molar-refractivity contribution is 5.84. The molecule has 1 unspecified atom stereocenters. The van der Waals surface area contributed by atoms with Crippen LogP contribution in [0, 0.1) is 16.7 Å². The maximum Gasteiger partial charge on any atom is 0.326 e. The number of nitriles is 1. The topological polar surface area (TPSA) is 109 Å². The van der Waals surface area contributed by atoms with Crippen molar-refractivity contribution in [1.29, 1.82) is 5.26 Å². The van der Waals surface area contributed by atoms with Gasteiger partial charge in [-0.2, -0.15) is 5.26 Å². The molecule has 0 saturated heterocycles. The van der Waals surface area contributed by atoms with E-state index in [0.717, 1.165) is 0 Å². The number of nitrogens with one attached hydrogen (secondary N) is 1. The second kappa shape index (κ2) is 8.92. The number of ether oxygens (including phenoxy) is 2.